The van der Waals surface area contributed by atoms with Crippen molar-refractivity contribution in [2.24, 2.45) is 0 Å². The highest BCUT2D eigenvalue weighted by atomic mass is 127. The van der Waals surface area contributed by atoms with Gasteiger partial charge in [-0.2, -0.15) is 0 Å². The highest BCUT2D eigenvalue weighted by Gasteiger charge is 2.04. The molecule has 0 aliphatic rings. The van der Waals surface area contributed by atoms with Gasteiger partial charge in [0.15, 0.2) is 0 Å². The Morgan fingerprint density at radius 3 is 2.85 bits per heavy atom. The van der Waals surface area contributed by atoms with Crippen LogP contribution in [0, 0.1) is 2.88 Å². The summed E-state index contributed by atoms with van der Waals surface area (Å²) in [4.78, 5) is 0.893. The van der Waals surface area contributed by atoms with Gasteiger partial charge in [-0.15, -0.1) is 24.0 Å². The Balaban J connectivity index is 2.72. The first-order valence-corrected chi connectivity index (χ1v) is 6.01. The molecule has 1 aromatic heterocycles. The Hall–Kier alpha value is 0.0600. The predicted octanol–water partition coefficient (Wildman–Crippen LogP) is 3.80. The first-order chi connectivity index (χ1) is 6.20. The average Bonchev–Trinajstić information content (AvgIpc) is 2.42. The maximum Gasteiger partial charge on any atom is 0.133 e. The standard InChI is InChI=1S/C9H7IOS2/c1-11-6-4-8-5(2-7(6)12)3-9(10)13-8/h2-4,12H,1H3. The van der Waals surface area contributed by atoms with Gasteiger partial charge in [0.25, 0.3) is 0 Å². The number of hydrogen-bond acceptors (Lipinski definition) is 3. The summed E-state index contributed by atoms with van der Waals surface area (Å²) in [5.74, 6) is 0.842. The van der Waals surface area contributed by atoms with Gasteiger partial charge in [0, 0.05) is 9.60 Å². The molecule has 1 heterocycles. The molecule has 0 saturated heterocycles. The number of fused-ring (bicyclic) bond motifs is 1. The van der Waals surface area contributed by atoms with Gasteiger partial charge in [-0.3, -0.25) is 0 Å². The number of thiophene rings is 1. The van der Waals surface area contributed by atoms with Crippen LogP contribution in [-0.4, -0.2) is 7.11 Å². The Morgan fingerprint density at radius 2 is 2.15 bits per heavy atom. The van der Waals surface area contributed by atoms with Crippen molar-refractivity contribution in [1.29, 1.82) is 0 Å². The second-order valence-electron chi connectivity index (χ2n) is 2.61. The lowest BCUT2D eigenvalue weighted by Gasteiger charge is -2.02. The minimum Gasteiger partial charge on any atom is -0.496 e. The average molecular weight is 322 g/mol. The Labute approximate surface area is 99.6 Å². The molecule has 0 atom stereocenters. The number of methoxy groups -OCH3 is 1. The van der Waals surface area contributed by atoms with Crippen LogP contribution in [0.3, 0.4) is 0 Å². The monoisotopic (exact) mass is 322 g/mol. The Kier molecular flexibility index (Phi) is 2.71. The van der Waals surface area contributed by atoms with E-state index < -0.39 is 0 Å². The van der Waals surface area contributed by atoms with Crippen LogP contribution in [0.2, 0.25) is 0 Å². The van der Waals surface area contributed by atoms with Crippen LogP contribution < -0.4 is 4.74 Å². The van der Waals surface area contributed by atoms with E-state index in [9.17, 15) is 0 Å². The molecule has 0 spiro atoms. The molecule has 0 unspecified atom stereocenters. The minimum atomic E-state index is 0.842. The van der Waals surface area contributed by atoms with Crippen LogP contribution in [0.15, 0.2) is 23.1 Å². The molecule has 2 rings (SSSR count). The van der Waals surface area contributed by atoms with Crippen molar-refractivity contribution in [2.45, 2.75) is 4.90 Å². The molecule has 0 aliphatic carbocycles. The van der Waals surface area contributed by atoms with E-state index in [0.29, 0.717) is 0 Å². The van der Waals surface area contributed by atoms with Crippen molar-refractivity contribution in [1.82, 2.24) is 0 Å². The van der Waals surface area contributed by atoms with Crippen molar-refractivity contribution in [3.8, 4) is 5.75 Å². The van der Waals surface area contributed by atoms with Gasteiger partial charge in [0.05, 0.1) is 9.99 Å². The summed E-state index contributed by atoms with van der Waals surface area (Å²) >= 11 is 8.42. The molecule has 13 heavy (non-hydrogen) atoms. The summed E-state index contributed by atoms with van der Waals surface area (Å²) in [6, 6.07) is 6.22. The van der Waals surface area contributed by atoms with E-state index in [1.165, 1.54) is 13.0 Å². The lowest BCUT2D eigenvalue weighted by atomic mass is 10.2. The topological polar surface area (TPSA) is 9.23 Å². The van der Waals surface area contributed by atoms with Crippen molar-refractivity contribution in [3.63, 3.8) is 0 Å². The zero-order chi connectivity index (χ0) is 9.42. The van der Waals surface area contributed by atoms with Crippen molar-refractivity contribution >= 4 is 56.6 Å². The fraction of sp³-hybridized carbons (Fsp3) is 0.111. The van der Waals surface area contributed by atoms with Crippen LogP contribution in [0.25, 0.3) is 10.1 Å². The normalized spacial score (nSPS) is 10.7. The van der Waals surface area contributed by atoms with Crippen LogP contribution in [-0.2, 0) is 0 Å². The van der Waals surface area contributed by atoms with Crippen molar-refractivity contribution < 1.29 is 4.74 Å². The third kappa shape index (κ3) is 1.80. The summed E-state index contributed by atoms with van der Waals surface area (Å²) in [5.41, 5.74) is 0. The fourth-order valence-electron chi connectivity index (χ4n) is 1.19. The second-order valence-corrected chi connectivity index (χ2v) is 6.07. The highest BCUT2D eigenvalue weighted by molar-refractivity contribution is 14.1. The second kappa shape index (κ2) is 3.67. The SMILES string of the molecule is COc1cc2sc(I)cc2cc1S. The fourth-order valence-corrected chi connectivity index (χ4v) is 3.33. The highest BCUT2D eigenvalue weighted by Crippen LogP contribution is 2.34. The maximum atomic E-state index is 5.19. The van der Waals surface area contributed by atoms with Gasteiger partial charge in [0.2, 0.25) is 0 Å². The van der Waals surface area contributed by atoms with E-state index in [4.69, 9.17) is 4.74 Å². The number of hydrogen-bond donors (Lipinski definition) is 1. The van der Waals surface area contributed by atoms with Gasteiger partial charge in [-0.05, 0) is 46.2 Å². The number of thiol groups is 1. The van der Waals surface area contributed by atoms with E-state index in [1.54, 1.807) is 18.4 Å². The first-order valence-electron chi connectivity index (χ1n) is 3.67. The Morgan fingerprint density at radius 1 is 1.38 bits per heavy atom. The number of rotatable bonds is 1. The molecule has 0 radical (unpaired) electrons. The maximum absolute atomic E-state index is 5.19. The lowest BCUT2D eigenvalue weighted by molar-refractivity contribution is 0.406. The van der Waals surface area contributed by atoms with Crippen LogP contribution >= 0.6 is 46.6 Å². The molecular weight excluding hydrogens is 315 g/mol. The van der Waals surface area contributed by atoms with E-state index in [0.717, 1.165) is 10.6 Å². The van der Waals surface area contributed by atoms with Crippen LogP contribution in [0.5, 0.6) is 5.75 Å². The van der Waals surface area contributed by atoms with E-state index in [2.05, 4.69) is 41.3 Å². The molecule has 0 saturated carbocycles. The van der Waals surface area contributed by atoms with Crippen molar-refractivity contribution in [3.05, 3.63) is 21.1 Å². The Bertz CT molecular complexity index is 450. The first kappa shape index (κ1) is 9.61. The third-order valence-electron chi connectivity index (χ3n) is 1.79. The molecule has 0 bridgehead atoms. The largest absolute Gasteiger partial charge is 0.496 e. The molecule has 1 nitrogen and oxygen atoms in total. The molecule has 0 aliphatic heterocycles. The van der Waals surface area contributed by atoms with E-state index in [-0.39, 0.29) is 0 Å². The summed E-state index contributed by atoms with van der Waals surface area (Å²) in [7, 11) is 1.67. The summed E-state index contributed by atoms with van der Waals surface area (Å²) in [6.45, 7) is 0. The zero-order valence-corrected chi connectivity index (χ0v) is 10.7. The zero-order valence-electron chi connectivity index (χ0n) is 6.87. The summed E-state index contributed by atoms with van der Waals surface area (Å²) in [5, 5.41) is 1.24. The van der Waals surface area contributed by atoms with E-state index >= 15 is 0 Å². The van der Waals surface area contributed by atoms with Crippen LogP contribution in [0.1, 0.15) is 0 Å². The van der Waals surface area contributed by atoms with Crippen molar-refractivity contribution in [2.75, 3.05) is 7.11 Å². The number of ether oxygens (including phenoxy) is 1. The third-order valence-corrected chi connectivity index (χ3v) is 4.00. The molecular formula is C9H7IOS2. The molecule has 0 N–H and O–H groups in total. The van der Waals surface area contributed by atoms with Gasteiger partial charge < -0.3 is 4.74 Å². The van der Waals surface area contributed by atoms with Crippen LogP contribution in [0.4, 0.5) is 0 Å². The number of benzene rings is 1. The molecule has 68 valence electrons. The summed E-state index contributed by atoms with van der Waals surface area (Å²) in [6.07, 6.45) is 0. The van der Waals surface area contributed by atoms with Gasteiger partial charge in [0.1, 0.15) is 5.75 Å². The van der Waals surface area contributed by atoms with Gasteiger partial charge >= 0.3 is 0 Å². The lowest BCUT2D eigenvalue weighted by Crippen LogP contribution is -1.83. The minimum absolute atomic E-state index is 0.842. The molecule has 4 heteroatoms. The quantitative estimate of drug-likeness (QED) is 0.621. The number of halogens is 1. The van der Waals surface area contributed by atoms with E-state index in [1.807, 2.05) is 12.1 Å². The predicted molar refractivity (Wildman–Crippen MR) is 68.3 cm³/mol. The summed E-state index contributed by atoms with van der Waals surface area (Å²) < 4.78 is 7.73. The molecule has 2 aromatic rings. The molecule has 1 aromatic carbocycles. The van der Waals surface area contributed by atoms with Gasteiger partial charge in [-0.25, -0.2) is 0 Å². The molecule has 0 amide bonds. The smallest absolute Gasteiger partial charge is 0.133 e. The van der Waals surface area contributed by atoms with Gasteiger partial charge in [-0.1, -0.05) is 0 Å². The molecule has 0 fully saturated rings.